The molecule has 3 heterocycles. The molecule has 2 aromatic heterocycles. The highest BCUT2D eigenvalue weighted by molar-refractivity contribution is 7.89. The van der Waals surface area contributed by atoms with Crippen LogP contribution >= 0.6 is 0 Å². The molecule has 2 fully saturated rings. The van der Waals surface area contributed by atoms with Crippen molar-refractivity contribution in [3.05, 3.63) is 35.6 Å². The summed E-state index contributed by atoms with van der Waals surface area (Å²) in [5.41, 5.74) is 0.301. The van der Waals surface area contributed by atoms with E-state index in [9.17, 15) is 13.2 Å². The summed E-state index contributed by atoms with van der Waals surface area (Å²) in [7, 11) is -3.87. The van der Waals surface area contributed by atoms with Gasteiger partial charge in [-0.2, -0.15) is 4.31 Å². The number of hydrogen-bond acceptors (Lipinski definition) is 6. The Labute approximate surface area is 195 Å². The molecular formula is C24H33N3O5S. The molecule has 1 atom stereocenters. The summed E-state index contributed by atoms with van der Waals surface area (Å²) in [6.45, 7) is 2.16. The van der Waals surface area contributed by atoms with Crippen LogP contribution in [0.1, 0.15) is 75.0 Å². The zero-order chi connectivity index (χ0) is 23.3. The highest BCUT2D eigenvalue weighted by Gasteiger charge is 2.37. The Kier molecular flexibility index (Phi) is 7.70. The number of nitrogens with zero attached hydrogens (tertiary/aromatic N) is 2. The number of aryl methyl sites for hydroxylation is 1. The molecule has 1 aliphatic heterocycles. The third-order valence-corrected chi connectivity index (χ3v) is 8.60. The number of carbonyl (C=O) groups is 1. The number of nitrogens with one attached hydrogen (secondary N) is 1. The van der Waals surface area contributed by atoms with Gasteiger partial charge < -0.3 is 14.3 Å². The number of amides is 1. The first-order valence-electron chi connectivity index (χ1n) is 11.9. The summed E-state index contributed by atoms with van der Waals surface area (Å²) in [6, 6.07) is 3.71. The second kappa shape index (κ2) is 10.7. The molecule has 0 spiro atoms. The van der Waals surface area contributed by atoms with E-state index in [1.165, 1.54) is 23.6 Å². The Balaban J connectivity index is 1.46. The lowest BCUT2D eigenvalue weighted by atomic mass is 9.94. The van der Waals surface area contributed by atoms with E-state index in [4.69, 9.17) is 8.94 Å². The van der Waals surface area contributed by atoms with E-state index in [1.807, 2.05) is 0 Å². The first-order valence-corrected chi connectivity index (χ1v) is 13.4. The number of piperidine rings is 1. The van der Waals surface area contributed by atoms with E-state index >= 15 is 0 Å². The van der Waals surface area contributed by atoms with Crippen molar-refractivity contribution >= 4 is 28.1 Å². The molecule has 8 nitrogen and oxygen atoms in total. The van der Waals surface area contributed by atoms with E-state index in [-0.39, 0.29) is 35.1 Å². The molecule has 1 saturated heterocycles. The highest BCUT2D eigenvalue weighted by atomic mass is 32.2. The molecule has 0 bridgehead atoms. The van der Waals surface area contributed by atoms with E-state index in [0.29, 0.717) is 30.8 Å². The molecule has 4 rings (SSSR count). The van der Waals surface area contributed by atoms with Crippen molar-refractivity contribution in [3.63, 3.8) is 0 Å². The minimum Gasteiger partial charge on any atom is -0.465 e. The fourth-order valence-electron chi connectivity index (χ4n) is 4.77. The van der Waals surface area contributed by atoms with Gasteiger partial charge in [0, 0.05) is 19.1 Å². The maximum Gasteiger partial charge on any atom is 0.248 e. The van der Waals surface area contributed by atoms with Gasteiger partial charge in [0.2, 0.25) is 15.9 Å². The molecule has 0 radical (unpaired) electrons. The summed E-state index contributed by atoms with van der Waals surface area (Å²) >= 11 is 0. The minimum absolute atomic E-state index is 0.0274. The van der Waals surface area contributed by atoms with Crippen LogP contribution in [0.5, 0.6) is 0 Å². The fourth-order valence-corrected chi connectivity index (χ4v) is 6.54. The van der Waals surface area contributed by atoms with Gasteiger partial charge in [-0.05, 0) is 56.9 Å². The van der Waals surface area contributed by atoms with Gasteiger partial charge in [-0.3, -0.25) is 4.79 Å². The quantitative estimate of drug-likeness (QED) is 0.665. The van der Waals surface area contributed by atoms with Crippen LogP contribution in [0, 0.1) is 12.8 Å². The lowest BCUT2D eigenvalue weighted by Gasteiger charge is -2.32. The largest absolute Gasteiger partial charge is 0.465 e. The smallest absolute Gasteiger partial charge is 0.248 e. The predicted octanol–water partition coefficient (Wildman–Crippen LogP) is 4.38. The van der Waals surface area contributed by atoms with Crippen LogP contribution < -0.4 is 5.32 Å². The van der Waals surface area contributed by atoms with Crippen LogP contribution in [0.15, 0.2) is 32.2 Å². The van der Waals surface area contributed by atoms with E-state index in [2.05, 4.69) is 10.5 Å². The molecule has 1 amide bonds. The van der Waals surface area contributed by atoms with Gasteiger partial charge in [0.1, 0.15) is 11.5 Å². The van der Waals surface area contributed by atoms with Crippen molar-refractivity contribution in [2.24, 2.45) is 5.92 Å². The lowest BCUT2D eigenvalue weighted by molar-refractivity contribution is -0.126. The SMILES string of the molecule is Cc1noc(C=Cc2ccco2)c1S(=O)(=O)N1CCCC(C(=O)NC2CCCCCCC2)C1. The Hall–Kier alpha value is -2.39. The molecule has 1 aliphatic carbocycles. The van der Waals surface area contributed by atoms with E-state index < -0.39 is 10.0 Å². The number of rotatable bonds is 6. The molecule has 2 aromatic rings. The van der Waals surface area contributed by atoms with Crippen LogP contribution in [0.4, 0.5) is 0 Å². The van der Waals surface area contributed by atoms with Crippen molar-refractivity contribution in [2.45, 2.75) is 75.6 Å². The van der Waals surface area contributed by atoms with Gasteiger partial charge in [0.05, 0.1) is 12.2 Å². The standard InChI is InChI=1S/C24H33N3O5S/c1-18-23(22(32-26-18)14-13-21-12-8-16-31-21)33(29,30)27-15-7-9-19(17-27)24(28)25-20-10-5-3-2-4-6-11-20/h8,12-14,16,19-20H,2-7,9-11,15,17H2,1H3,(H,25,28). The van der Waals surface area contributed by atoms with Crippen molar-refractivity contribution < 1.29 is 22.2 Å². The Morgan fingerprint density at radius 1 is 1.12 bits per heavy atom. The summed E-state index contributed by atoms with van der Waals surface area (Å²) < 4.78 is 39.0. The zero-order valence-electron chi connectivity index (χ0n) is 19.2. The van der Waals surface area contributed by atoms with Crippen LogP contribution in [0.2, 0.25) is 0 Å². The average molecular weight is 476 g/mol. The van der Waals surface area contributed by atoms with Gasteiger partial charge in [0.25, 0.3) is 0 Å². The van der Waals surface area contributed by atoms with Gasteiger partial charge in [-0.15, -0.1) is 0 Å². The highest BCUT2D eigenvalue weighted by Crippen LogP contribution is 2.29. The summed E-state index contributed by atoms with van der Waals surface area (Å²) in [5.74, 6) is 0.364. The normalized spacial score (nSPS) is 21.7. The third-order valence-electron chi connectivity index (χ3n) is 6.58. The molecule has 1 unspecified atom stereocenters. The first kappa shape index (κ1) is 23.8. The number of furan rings is 1. The van der Waals surface area contributed by atoms with Crippen LogP contribution in [-0.2, 0) is 14.8 Å². The predicted molar refractivity (Wildman–Crippen MR) is 125 cm³/mol. The van der Waals surface area contributed by atoms with E-state index in [1.54, 1.807) is 37.5 Å². The Morgan fingerprint density at radius 3 is 2.61 bits per heavy atom. The van der Waals surface area contributed by atoms with E-state index in [0.717, 1.165) is 25.7 Å². The minimum atomic E-state index is -3.87. The molecule has 33 heavy (non-hydrogen) atoms. The Bertz CT molecular complexity index is 1050. The maximum atomic E-state index is 13.5. The molecule has 9 heteroatoms. The number of aromatic nitrogens is 1. The molecule has 180 valence electrons. The molecule has 1 N–H and O–H groups in total. The monoisotopic (exact) mass is 475 g/mol. The summed E-state index contributed by atoms with van der Waals surface area (Å²) in [5, 5.41) is 7.09. The van der Waals surface area contributed by atoms with Gasteiger partial charge in [-0.1, -0.05) is 37.3 Å². The summed E-state index contributed by atoms with van der Waals surface area (Å²) in [4.78, 5) is 13.1. The van der Waals surface area contributed by atoms with Gasteiger partial charge >= 0.3 is 0 Å². The molecular weight excluding hydrogens is 442 g/mol. The maximum absolute atomic E-state index is 13.5. The second-order valence-electron chi connectivity index (χ2n) is 9.06. The zero-order valence-corrected chi connectivity index (χ0v) is 20.0. The van der Waals surface area contributed by atoms with Gasteiger partial charge in [-0.25, -0.2) is 8.42 Å². The molecule has 0 aromatic carbocycles. The third kappa shape index (κ3) is 5.76. The van der Waals surface area contributed by atoms with Crippen molar-refractivity contribution in [3.8, 4) is 0 Å². The number of hydrogen-bond donors (Lipinski definition) is 1. The lowest BCUT2D eigenvalue weighted by Crippen LogP contribution is -2.47. The van der Waals surface area contributed by atoms with Crippen LogP contribution in [0.3, 0.4) is 0 Å². The van der Waals surface area contributed by atoms with Crippen molar-refractivity contribution in [2.75, 3.05) is 13.1 Å². The fraction of sp³-hybridized carbons (Fsp3) is 0.583. The molecule has 2 aliphatic rings. The van der Waals surface area contributed by atoms with Crippen LogP contribution in [0.25, 0.3) is 12.2 Å². The van der Waals surface area contributed by atoms with Crippen molar-refractivity contribution in [1.29, 1.82) is 0 Å². The molecule has 1 saturated carbocycles. The van der Waals surface area contributed by atoms with Crippen molar-refractivity contribution in [1.82, 2.24) is 14.8 Å². The topological polar surface area (TPSA) is 106 Å². The summed E-state index contributed by atoms with van der Waals surface area (Å²) in [6.07, 6.45) is 14.1. The average Bonchev–Trinajstić information content (AvgIpc) is 3.43. The first-order chi connectivity index (χ1) is 15.9. The van der Waals surface area contributed by atoms with Crippen LogP contribution in [-0.4, -0.2) is 42.9 Å². The number of carbonyl (C=O) groups excluding carboxylic acids is 1. The number of sulfonamides is 1. The second-order valence-corrected chi connectivity index (χ2v) is 10.9. The van der Waals surface area contributed by atoms with Gasteiger partial charge in [0.15, 0.2) is 10.7 Å². The Morgan fingerprint density at radius 2 is 1.88 bits per heavy atom.